The molecule has 2 aromatic heterocycles. The Bertz CT molecular complexity index is 949. The highest BCUT2D eigenvalue weighted by Gasteiger charge is 2.19. The molecule has 1 aliphatic rings. The monoisotopic (exact) mass is 380 g/mol. The van der Waals surface area contributed by atoms with Crippen LogP contribution in [0.2, 0.25) is 0 Å². The van der Waals surface area contributed by atoms with Gasteiger partial charge in [-0.05, 0) is 49.6 Å². The van der Waals surface area contributed by atoms with Crippen LogP contribution in [0, 0.1) is 0 Å². The number of carbonyl (C=O) groups is 1. The SMILES string of the molecule is COCCNC(=O)c1ccc(Nc2nc(NC3CCC3)c3cc[nH]c3n2)cc1. The predicted octanol–water partition coefficient (Wildman–Crippen LogP) is 3.04. The smallest absolute Gasteiger partial charge is 0.251 e. The average molecular weight is 380 g/mol. The lowest BCUT2D eigenvalue weighted by Crippen LogP contribution is -2.27. The second kappa shape index (κ2) is 8.26. The van der Waals surface area contributed by atoms with Crippen LogP contribution in [0.4, 0.5) is 17.5 Å². The Labute approximate surface area is 163 Å². The molecule has 0 radical (unpaired) electrons. The van der Waals surface area contributed by atoms with E-state index in [0.717, 1.165) is 22.5 Å². The first-order chi connectivity index (χ1) is 13.7. The molecule has 8 heteroatoms. The molecule has 146 valence electrons. The van der Waals surface area contributed by atoms with Crippen molar-refractivity contribution in [2.45, 2.75) is 25.3 Å². The van der Waals surface area contributed by atoms with E-state index in [1.165, 1.54) is 19.3 Å². The van der Waals surface area contributed by atoms with Gasteiger partial charge in [-0.25, -0.2) is 0 Å². The molecule has 4 rings (SSSR count). The zero-order valence-electron chi connectivity index (χ0n) is 15.8. The van der Waals surface area contributed by atoms with E-state index < -0.39 is 0 Å². The lowest BCUT2D eigenvalue weighted by atomic mass is 9.93. The zero-order valence-corrected chi connectivity index (χ0v) is 15.8. The fourth-order valence-corrected chi connectivity index (χ4v) is 3.06. The number of rotatable bonds is 8. The number of methoxy groups -OCH3 is 1. The number of benzene rings is 1. The molecule has 1 amide bonds. The first-order valence-electron chi connectivity index (χ1n) is 9.49. The number of aromatic amines is 1. The summed E-state index contributed by atoms with van der Waals surface area (Å²) in [5.74, 6) is 1.22. The molecule has 1 fully saturated rings. The van der Waals surface area contributed by atoms with Crippen molar-refractivity contribution in [3.8, 4) is 0 Å². The van der Waals surface area contributed by atoms with Gasteiger partial charge in [-0.1, -0.05) is 0 Å². The Morgan fingerprint density at radius 1 is 1.21 bits per heavy atom. The van der Waals surface area contributed by atoms with Gasteiger partial charge in [0.05, 0.1) is 12.0 Å². The van der Waals surface area contributed by atoms with Gasteiger partial charge in [0, 0.05) is 37.1 Å². The van der Waals surface area contributed by atoms with Gasteiger partial charge in [-0.3, -0.25) is 4.79 Å². The predicted molar refractivity (Wildman–Crippen MR) is 109 cm³/mol. The van der Waals surface area contributed by atoms with Crippen molar-refractivity contribution in [2.24, 2.45) is 0 Å². The number of ether oxygens (including phenoxy) is 1. The highest BCUT2D eigenvalue weighted by Crippen LogP contribution is 2.28. The minimum Gasteiger partial charge on any atom is -0.383 e. The van der Waals surface area contributed by atoms with Gasteiger partial charge in [0.1, 0.15) is 11.5 Å². The van der Waals surface area contributed by atoms with Crippen molar-refractivity contribution in [3.05, 3.63) is 42.1 Å². The van der Waals surface area contributed by atoms with Crippen molar-refractivity contribution in [2.75, 3.05) is 30.9 Å². The number of anilines is 3. The first kappa shape index (κ1) is 18.2. The normalized spacial score (nSPS) is 13.9. The van der Waals surface area contributed by atoms with Crippen molar-refractivity contribution < 1.29 is 9.53 Å². The number of nitrogens with zero attached hydrogens (tertiary/aromatic N) is 2. The van der Waals surface area contributed by atoms with E-state index in [1.807, 2.05) is 24.4 Å². The summed E-state index contributed by atoms with van der Waals surface area (Å²) >= 11 is 0. The number of hydrogen-bond donors (Lipinski definition) is 4. The topological polar surface area (TPSA) is 104 Å². The second-order valence-electron chi connectivity index (χ2n) is 6.86. The van der Waals surface area contributed by atoms with E-state index >= 15 is 0 Å². The molecule has 1 aliphatic carbocycles. The standard InChI is InChI=1S/C20H24N6O2/c1-28-12-11-22-19(27)13-5-7-15(8-6-13)24-20-25-17-16(9-10-21-17)18(26-20)23-14-3-2-4-14/h5-10,14H,2-4,11-12H2,1H3,(H,22,27)(H3,21,23,24,25,26). The molecule has 1 aromatic carbocycles. The maximum Gasteiger partial charge on any atom is 0.251 e. The van der Waals surface area contributed by atoms with E-state index in [9.17, 15) is 4.79 Å². The Kier molecular flexibility index (Phi) is 5.38. The quantitative estimate of drug-likeness (QED) is 0.448. The van der Waals surface area contributed by atoms with E-state index in [0.29, 0.717) is 30.7 Å². The summed E-state index contributed by atoms with van der Waals surface area (Å²) in [5, 5.41) is 10.5. The van der Waals surface area contributed by atoms with Crippen LogP contribution in [0.1, 0.15) is 29.6 Å². The van der Waals surface area contributed by atoms with Crippen molar-refractivity contribution in [3.63, 3.8) is 0 Å². The number of nitrogens with one attached hydrogen (secondary N) is 4. The molecule has 0 unspecified atom stereocenters. The lowest BCUT2D eigenvalue weighted by Gasteiger charge is -2.27. The van der Waals surface area contributed by atoms with Gasteiger partial charge in [0.2, 0.25) is 5.95 Å². The molecular weight excluding hydrogens is 356 g/mol. The van der Waals surface area contributed by atoms with Gasteiger partial charge in [0.25, 0.3) is 5.91 Å². The van der Waals surface area contributed by atoms with E-state index in [1.54, 1.807) is 19.2 Å². The minimum absolute atomic E-state index is 0.125. The first-order valence-corrected chi connectivity index (χ1v) is 9.49. The van der Waals surface area contributed by atoms with Crippen molar-refractivity contribution in [1.82, 2.24) is 20.3 Å². The summed E-state index contributed by atoms with van der Waals surface area (Å²) in [6.45, 7) is 0.970. The number of carbonyl (C=O) groups excluding carboxylic acids is 1. The third-order valence-corrected chi connectivity index (χ3v) is 4.86. The molecule has 8 nitrogen and oxygen atoms in total. The van der Waals surface area contributed by atoms with E-state index in [4.69, 9.17) is 4.74 Å². The van der Waals surface area contributed by atoms with Crippen molar-refractivity contribution >= 4 is 34.4 Å². The Morgan fingerprint density at radius 2 is 2.04 bits per heavy atom. The van der Waals surface area contributed by atoms with Crippen LogP contribution < -0.4 is 16.0 Å². The van der Waals surface area contributed by atoms with E-state index in [2.05, 4.69) is 30.9 Å². The van der Waals surface area contributed by atoms with Crippen LogP contribution in [-0.4, -0.2) is 47.2 Å². The number of hydrogen-bond acceptors (Lipinski definition) is 6. The fraction of sp³-hybridized carbons (Fsp3) is 0.350. The van der Waals surface area contributed by atoms with Gasteiger partial charge >= 0.3 is 0 Å². The zero-order chi connectivity index (χ0) is 19.3. The summed E-state index contributed by atoms with van der Waals surface area (Å²) in [5.41, 5.74) is 2.19. The lowest BCUT2D eigenvalue weighted by molar-refractivity contribution is 0.0937. The fourth-order valence-electron chi connectivity index (χ4n) is 3.06. The Balaban J connectivity index is 1.47. The molecular formula is C20H24N6O2. The maximum atomic E-state index is 12.1. The van der Waals surface area contributed by atoms with Gasteiger partial charge in [0.15, 0.2) is 0 Å². The third-order valence-electron chi connectivity index (χ3n) is 4.86. The summed E-state index contributed by atoms with van der Waals surface area (Å²) in [7, 11) is 1.60. The highest BCUT2D eigenvalue weighted by atomic mass is 16.5. The largest absolute Gasteiger partial charge is 0.383 e. The number of aromatic nitrogens is 3. The van der Waals surface area contributed by atoms with Crippen molar-refractivity contribution in [1.29, 1.82) is 0 Å². The molecule has 2 heterocycles. The molecule has 1 saturated carbocycles. The molecule has 3 aromatic rings. The van der Waals surface area contributed by atoms with E-state index in [-0.39, 0.29) is 5.91 Å². The summed E-state index contributed by atoms with van der Waals surface area (Å²) < 4.78 is 4.94. The van der Waals surface area contributed by atoms with Gasteiger partial charge in [-0.2, -0.15) is 9.97 Å². The van der Waals surface area contributed by atoms with Crippen LogP contribution in [-0.2, 0) is 4.74 Å². The van der Waals surface area contributed by atoms with Crippen LogP contribution in [0.15, 0.2) is 36.5 Å². The molecule has 28 heavy (non-hydrogen) atoms. The number of amides is 1. The molecule has 0 aliphatic heterocycles. The molecule has 0 atom stereocenters. The minimum atomic E-state index is -0.125. The molecule has 0 saturated heterocycles. The van der Waals surface area contributed by atoms with Crippen LogP contribution in [0.5, 0.6) is 0 Å². The molecule has 4 N–H and O–H groups in total. The molecule has 0 spiro atoms. The average Bonchev–Trinajstić information content (AvgIpc) is 3.14. The summed E-state index contributed by atoms with van der Waals surface area (Å²) in [6.07, 6.45) is 5.47. The number of H-pyrrole nitrogens is 1. The summed E-state index contributed by atoms with van der Waals surface area (Å²) in [4.78, 5) is 24.4. The van der Waals surface area contributed by atoms with Gasteiger partial charge < -0.3 is 25.7 Å². The second-order valence-corrected chi connectivity index (χ2v) is 6.86. The third kappa shape index (κ3) is 4.07. The molecule has 0 bridgehead atoms. The summed E-state index contributed by atoms with van der Waals surface area (Å²) in [6, 6.07) is 9.68. The number of fused-ring (bicyclic) bond motifs is 1. The maximum absolute atomic E-state index is 12.1. The Hall–Kier alpha value is -3.13. The van der Waals surface area contributed by atoms with Crippen LogP contribution >= 0.6 is 0 Å². The van der Waals surface area contributed by atoms with Crippen LogP contribution in [0.25, 0.3) is 11.0 Å². The Morgan fingerprint density at radius 3 is 2.75 bits per heavy atom. The van der Waals surface area contributed by atoms with Gasteiger partial charge in [-0.15, -0.1) is 0 Å². The highest BCUT2D eigenvalue weighted by molar-refractivity contribution is 5.94. The van der Waals surface area contributed by atoms with Crippen LogP contribution in [0.3, 0.4) is 0 Å².